The normalized spacial score (nSPS) is 11.1. The molecule has 2 N–H and O–H groups in total. The Morgan fingerprint density at radius 2 is 2.04 bits per heavy atom. The summed E-state index contributed by atoms with van der Waals surface area (Å²) in [7, 11) is 0. The molecule has 1 aromatic carbocycles. The first kappa shape index (κ1) is 17.4. The van der Waals surface area contributed by atoms with Crippen LogP contribution in [0.25, 0.3) is 28.1 Å². The molecule has 4 rings (SSSR count). The van der Waals surface area contributed by atoms with Gasteiger partial charge >= 0.3 is 0 Å². The smallest absolute Gasteiger partial charge is 0.147 e. The third-order valence-corrected chi connectivity index (χ3v) is 4.35. The van der Waals surface area contributed by atoms with Crippen molar-refractivity contribution >= 4 is 28.5 Å². The molecule has 0 radical (unpaired) electrons. The molecule has 0 unspecified atom stereocenters. The van der Waals surface area contributed by atoms with E-state index in [0.29, 0.717) is 23.9 Å². The van der Waals surface area contributed by atoms with E-state index in [-0.39, 0.29) is 11.6 Å². The van der Waals surface area contributed by atoms with Gasteiger partial charge in [-0.15, -0.1) is 0 Å². The summed E-state index contributed by atoms with van der Waals surface area (Å²) in [6.45, 7) is 0.441. The van der Waals surface area contributed by atoms with Crippen molar-refractivity contribution in [3.05, 3.63) is 65.8 Å². The SMILES string of the molecule is OCCNc1ccc(-c2nc3ccncc3n2-c2ccc(F)cc2Cl)cn1. The molecule has 6 nitrogen and oxygen atoms in total. The van der Waals surface area contributed by atoms with Gasteiger partial charge in [0.1, 0.15) is 17.5 Å². The number of aliphatic hydroxyl groups is 1. The van der Waals surface area contributed by atoms with Gasteiger partial charge in [-0.25, -0.2) is 14.4 Å². The number of imidazole rings is 1. The van der Waals surface area contributed by atoms with Crippen LogP contribution in [-0.2, 0) is 0 Å². The average molecular weight is 384 g/mol. The number of anilines is 1. The van der Waals surface area contributed by atoms with Crippen LogP contribution in [0.4, 0.5) is 10.2 Å². The number of benzene rings is 1. The number of nitrogens with zero attached hydrogens (tertiary/aromatic N) is 4. The maximum Gasteiger partial charge on any atom is 0.147 e. The maximum absolute atomic E-state index is 13.5. The summed E-state index contributed by atoms with van der Waals surface area (Å²) in [4.78, 5) is 13.2. The molecule has 0 saturated heterocycles. The second-order valence-corrected chi connectivity index (χ2v) is 6.22. The molecule has 136 valence electrons. The van der Waals surface area contributed by atoms with Crippen LogP contribution in [0.2, 0.25) is 5.02 Å². The average Bonchev–Trinajstić information content (AvgIpc) is 3.06. The monoisotopic (exact) mass is 383 g/mol. The topological polar surface area (TPSA) is 75.9 Å². The third-order valence-electron chi connectivity index (χ3n) is 4.05. The molecular weight excluding hydrogens is 369 g/mol. The minimum Gasteiger partial charge on any atom is -0.395 e. The summed E-state index contributed by atoms with van der Waals surface area (Å²) >= 11 is 6.30. The molecule has 0 aliphatic rings. The lowest BCUT2D eigenvalue weighted by atomic mass is 10.2. The van der Waals surface area contributed by atoms with Crippen LogP contribution in [0.3, 0.4) is 0 Å². The first-order valence-corrected chi connectivity index (χ1v) is 8.64. The van der Waals surface area contributed by atoms with Crippen molar-refractivity contribution in [2.45, 2.75) is 0 Å². The van der Waals surface area contributed by atoms with Gasteiger partial charge in [0.15, 0.2) is 0 Å². The van der Waals surface area contributed by atoms with Crippen LogP contribution in [0, 0.1) is 5.82 Å². The van der Waals surface area contributed by atoms with E-state index in [1.165, 1.54) is 12.1 Å². The molecule has 0 bridgehead atoms. The highest BCUT2D eigenvalue weighted by Gasteiger charge is 2.17. The molecule has 0 fully saturated rings. The van der Waals surface area contributed by atoms with Gasteiger partial charge in [-0.05, 0) is 36.4 Å². The first-order valence-electron chi connectivity index (χ1n) is 8.26. The second kappa shape index (κ2) is 7.30. The first-order chi connectivity index (χ1) is 13.2. The summed E-state index contributed by atoms with van der Waals surface area (Å²) in [6.07, 6.45) is 5.04. The minimum absolute atomic E-state index is 0.0231. The lowest BCUT2D eigenvalue weighted by Crippen LogP contribution is -2.06. The number of rotatable bonds is 5. The second-order valence-electron chi connectivity index (χ2n) is 5.81. The van der Waals surface area contributed by atoms with Crippen molar-refractivity contribution in [1.82, 2.24) is 19.5 Å². The van der Waals surface area contributed by atoms with E-state index in [4.69, 9.17) is 16.7 Å². The van der Waals surface area contributed by atoms with E-state index in [0.717, 1.165) is 16.6 Å². The fraction of sp³-hybridized carbons (Fsp3) is 0.105. The van der Waals surface area contributed by atoms with E-state index in [9.17, 15) is 4.39 Å². The molecule has 0 spiro atoms. The molecule has 0 saturated carbocycles. The fourth-order valence-electron chi connectivity index (χ4n) is 2.84. The number of fused-ring (bicyclic) bond motifs is 1. The molecular formula is C19H15ClFN5O. The molecule has 3 aromatic heterocycles. The standard InChI is InChI=1S/C19H15ClFN5O/c20-14-9-13(21)2-3-16(14)26-17-11-22-6-5-15(17)25-19(26)12-1-4-18(24-10-12)23-7-8-27/h1-6,9-11,27H,7-8H2,(H,23,24). The Morgan fingerprint density at radius 3 is 2.78 bits per heavy atom. The molecule has 3 heterocycles. The Balaban J connectivity index is 1.88. The number of pyridine rings is 2. The molecule has 4 aromatic rings. The van der Waals surface area contributed by atoms with Crippen molar-refractivity contribution in [3.63, 3.8) is 0 Å². The van der Waals surface area contributed by atoms with Gasteiger partial charge in [0.25, 0.3) is 0 Å². The highest BCUT2D eigenvalue weighted by molar-refractivity contribution is 6.32. The van der Waals surface area contributed by atoms with Crippen LogP contribution in [0.1, 0.15) is 0 Å². The summed E-state index contributed by atoms with van der Waals surface area (Å²) < 4.78 is 15.4. The van der Waals surface area contributed by atoms with Gasteiger partial charge < -0.3 is 10.4 Å². The van der Waals surface area contributed by atoms with Crippen LogP contribution in [0.15, 0.2) is 55.0 Å². The van der Waals surface area contributed by atoms with Crippen molar-refractivity contribution in [3.8, 4) is 17.1 Å². The molecule has 27 heavy (non-hydrogen) atoms. The number of hydrogen-bond acceptors (Lipinski definition) is 5. The number of halogens is 2. The molecule has 0 aliphatic heterocycles. The Kier molecular flexibility index (Phi) is 4.70. The summed E-state index contributed by atoms with van der Waals surface area (Å²) in [5.74, 6) is 0.860. The lowest BCUT2D eigenvalue weighted by Gasteiger charge is -2.11. The highest BCUT2D eigenvalue weighted by atomic mass is 35.5. The fourth-order valence-corrected chi connectivity index (χ4v) is 3.09. The summed E-state index contributed by atoms with van der Waals surface area (Å²) in [5, 5.41) is 12.2. The zero-order valence-corrected chi connectivity index (χ0v) is 14.9. The summed E-state index contributed by atoms with van der Waals surface area (Å²) in [5.41, 5.74) is 2.86. The van der Waals surface area contributed by atoms with Crippen LogP contribution < -0.4 is 5.32 Å². The van der Waals surface area contributed by atoms with Gasteiger partial charge in [-0.3, -0.25) is 9.55 Å². The number of aromatic nitrogens is 4. The van der Waals surface area contributed by atoms with E-state index in [1.807, 2.05) is 10.6 Å². The van der Waals surface area contributed by atoms with E-state index < -0.39 is 5.82 Å². The largest absolute Gasteiger partial charge is 0.395 e. The highest BCUT2D eigenvalue weighted by Crippen LogP contribution is 2.31. The van der Waals surface area contributed by atoms with E-state index in [2.05, 4.69) is 20.3 Å². The van der Waals surface area contributed by atoms with E-state index in [1.54, 1.807) is 36.8 Å². The molecule has 0 atom stereocenters. The van der Waals surface area contributed by atoms with Crippen molar-refractivity contribution in [2.75, 3.05) is 18.5 Å². The summed E-state index contributed by atoms with van der Waals surface area (Å²) in [6, 6.07) is 9.71. The van der Waals surface area contributed by atoms with Crippen molar-refractivity contribution < 1.29 is 9.50 Å². The lowest BCUT2D eigenvalue weighted by molar-refractivity contribution is 0.311. The molecule has 0 amide bonds. The van der Waals surface area contributed by atoms with Crippen molar-refractivity contribution in [1.29, 1.82) is 0 Å². The zero-order valence-electron chi connectivity index (χ0n) is 14.1. The van der Waals surface area contributed by atoms with Gasteiger partial charge in [0.05, 0.1) is 34.5 Å². The molecule has 8 heteroatoms. The van der Waals surface area contributed by atoms with Gasteiger partial charge in [-0.2, -0.15) is 0 Å². The Labute approximate surface area is 159 Å². The van der Waals surface area contributed by atoms with Gasteiger partial charge in [0, 0.05) is 24.5 Å². The Morgan fingerprint density at radius 1 is 1.15 bits per heavy atom. The minimum atomic E-state index is -0.408. The van der Waals surface area contributed by atoms with Crippen LogP contribution in [0.5, 0.6) is 0 Å². The van der Waals surface area contributed by atoms with Gasteiger partial charge in [-0.1, -0.05) is 11.6 Å². The third kappa shape index (κ3) is 3.34. The quantitative estimate of drug-likeness (QED) is 0.550. The number of aliphatic hydroxyl groups excluding tert-OH is 1. The van der Waals surface area contributed by atoms with Crippen LogP contribution in [-0.4, -0.2) is 37.8 Å². The Hall–Kier alpha value is -3.03. The zero-order chi connectivity index (χ0) is 18.8. The Bertz CT molecular complexity index is 1100. The predicted octanol–water partition coefficient (Wildman–Crippen LogP) is 3.68. The molecule has 0 aliphatic carbocycles. The maximum atomic E-state index is 13.5. The predicted molar refractivity (Wildman–Crippen MR) is 103 cm³/mol. The van der Waals surface area contributed by atoms with E-state index >= 15 is 0 Å². The van der Waals surface area contributed by atoms with Crippen LogP contribution >= 0.6 is 11.6 Å². The number of hydrogen-bond donors (Lipinski definition) is 2. The van der Waals surface area contributed by atoms with Crippen molar-refractivity contribution in [2.24, 2.45) is 0 Å². The van der Waals surface area contributed by atoms with Gasteiger partial charge in [0.2, 0.25) is 0 Å². The number of nitrogens with one attached hydrogen (secondary N) is 1.